The van der Waals surface area contributed by atoms with Crippen molar-refractivity contribution in [3.05, 3.63) is 28.9 Å². The molecular weight excluding hydrogens is 270 g/mol. The predicted octanol–water partition coefficient (Wildman–Crippen LogP) is 3.48. The maximum Gasteiger partial charge on any atom is 0.280 e. The molecule has 0 saturated carbocycles. The van der Waals surface area contributed by atoms with Gasteiger partial charge in [-0.3, -0.25) is 0 Å². The second-order valence-electron chi connectivity index (χ2n) is 5.39. The van der Waals surface area contributed by atoms with Gasteiger partial charge in [0, 0.05) is 12.0 Å². The summed E-state index contributed by atoms with van der Waals surface area (Å²) in [5.41, 5.74) is 2.64. The number of furan rings is 1. The lowest BCUT2D eigenvalue weighted by atomic mass is 9.96. The van der Waals surface area contributed by atoms with Crippen LogP contribution < -0.4 is 0 Å². The van der Waals surface area contributed by atoms with E-state index in [0.717, 1.165) is 54.1 Å². The van der Waals surface area contributed by atoms with Crippen molar-refractivity contribution in [1.29, 1.82) is 0 Å². The molecule has 3 aromatic rings. The van der Waals surface area contributed by atoms with Gasteiger partial charge in [0.2, 0.25) is 5.82 Å². The van der Waals surface area contributed by atoms with Gasteiger partial charge in [0.25, 0.3) is 5.89 Å². The zero-order chi connectivity index (χ0) is 14.4. The smallest absolute Gasteiger partial charge is 0.280 e. The molecule has 0 aliphatic heterocycles. The first kappa shape index (κ1) is 12.4. The number of aromatic nitrogens is 3. The third-order valence-electron chi connectivity index (χ3n) is 3.86. The first-order valence-electron chi connectivity index (χ1n) is 7.11. The van der Waals surface area contributed by atoms with Crippen molar-refractivity contribution >= 4 is 0 Å². The summed E-state index contributed by atoms with van der Waals surface area (Å²) in [5, 5.41) is 8.15. The maximum absolute atomic E-state index is 5.50. The molecule has 0 spiro atoms. The monoisotopic (exact) mass is 285 g/mol. The minimum atomic E-state index is 0.412. The lowest BCUT2D eigenvalue weighted by Crippen LogP contribution is -2.00. The second-order valence-corrected chi connectivity index (χ2v) is 5.39. The molecule has 4 rings (SSSR count). The fourth-order valence-electron chi connectivity index (χ4n) is 2.83. The number of hydrogen-bond acceptors (Lipinski definition) is 6. The van der Waals surface area contributed by atoms with E-state index in [9.17, 15) is 0 Å². The van der Waals surface area contributed by atoms with E-state index in [-0.39, 0.29) is 0 Å². The Bertz CT molecular complexity index is 797. The van der Waals surface area contributed by atoms with E-state index in [4.69, 9.17) is 13.5 Å². The predicted molar refractivity (Wildman–Crippen MR) is 73.6 cm³/mol. The summed E-state index contributed by atoms with van der Waals surface area (Å²) in [4.78, 5) is 4.44. The molecular formula is C15H15N3O3. The van der Waals surface area contributed by atoms with Gasteiger partial charge < -0.3 is 13.5 Å². The van der Waals surface area contributed by atoms with Crippen LogP contribution in [0.3, 0.4) is 0 Å². The van der Waals surface area contributed by atoms with Crippen LogP contribution in [0.5, 0.6) is 0 Å². The molecule has 108 valence electrons. The summed E-state index contributed by atoms with van der Waals surface area (Å²) in [5.74, 6) is 3.49. The highest BCUT2D eigenvalue weighted by molar-refractivity contribution is 5.61. The first-order chi connectivity index (χ1) is 10.2. The zero-order valence-electron chi connectivity index (χ0n) is 12.0. The van der Waals surface area contributed by atoms with Gasteiger partial charge >= 0.3 is 0 Å². The van der Waals surface area contributed by atoms with Crippen LogP contribution in [0.1, 0.15) is 35.7 Å². The van der Waals surface area contributed by atoms with E-state index in [1.807, 2.05) is 19.9 Å². The largest absolute Gasteiger partial charge is 0.466 e. The van der Waals surface area contributed by atoms with Gasteiger partial charge in [-0.25, -0.2) is 0 Å². The summed E-state index contributed by atoms with van der Waals surface area (Å²) >= 11 is 0. The third-order valence-corrected chi connectivity index (χ3v) is 3.86. The van der Waals surface area contributed by atoms with Gasteiger partial charge in [0.05, 0.1) is 5.56 Å². The molecule has 0 radical (unpaired) electrons. The van der Waals surface area contributed by atoms with Crippen molar-refractivity contribution in [3.8, 4) is 23.0 Å². The topological polar surface area (TPSA) is 78.1 Å². The second kappa shape index (κ2) is 4.58. The molecule has 1 aliphatic carbocycles. The molecule has 0 saturated heterocycles. The van der Waals surface area contributed by atoms with E-state index in [0.29, 0.717) is 17.4 Å². The minimum absolute atomic E-state index is 0.412. The maximum atomic E-state index is 5.50. The minimum Gasteiger partial charge on any atom is -0.466 e. The normalized spacial score (nSPS) is 14.4. The van der Waals surface area contributed by atoms with Crippen LogP contribution >= 0.6 is 0 Å². The zero-order valence-corrected chi connectivity index (χ0v) is 12.0. The van der Waals surface area contributed by atoms with E-state index < -0.39 is 0 Å². The van der Waals surface area contributed by atoms with Gasteiger partial charge in [-0.1, -0.05) is 10.3 Å². The number of hydrogen-bond donors (Lipinski definition) is 0. The van der Waals surface area contributed by atoms with E-state index in [1.54, 1.807) is 0 Å². The van der Waals surface area contributed by atoms with Crippen LogP contribution in [-0.2, 0) is 12.8 Å². The molecule has 3 aromatic heterocycles. The molecule has 0 atom stereocenters. The molecule has 0 aromatic carbocycles. The summed E-state index contributed by atoms with van der Waals surface area (Å²) < 4.78 is 16.3. The summed E-state index contributed by atoms with van der Waals surface area (Å²) in [6.45, 7) is 3.78. The summed E-state index contributed by atoms with van der Waals surface area (Å²) in [6.07, 6.45) is 4.17. The van der Waals surface area contributed by atoms with Crippen molar-refractivity contribution in [3.63, 3.8) is 0 Å². The first-order valence-corrected chi connectivity index (χ1v) is 7.11. The van der Waals surface area contributed by atoms with Gasteiger partial charge in [-0.05, 0) is 39.2 Å². The third kappa shape index (κ3) is 1.98. The molecule has 0 bridgehead atoms. The van der Waals surface area contributed by atoms with Crippen LogP contribution in [0.25, 0.3) is 23.0 Å². The Kier molecular flexibility index (Phi) is 2.70. The Morgan fingerprint density at radius 1 is 1.05 bits per heavy atom. The average Bonchev–Trinajstić information content (AvgIpc) is 3.16. The Labute approximate surface area is 121 Å². The molecule has 0 unspecified atom stereocenters. The summed E-state index contributed by atoms with van der Waals surface area (Å²) in [7, 11) is 0. The SMILES string of the molecule is Cc1cc(-c2noc(-c3noc4c3CCCC4)n2)c(C)o1. The van der Waals surface area contributed by atoms with Gasteiger partial charge in [0.15, 0.2) is 5.69 Å². The van der Waals surface area contributed by atoms with E-state index in [1.165, 1.54) is 0 Å². The van der Waals surface area contributed by atoms with Crippen molar-refractivity contribution in [2.24, 2.45) is 0 Å². The number of aryl methyl sites for hydroxylation is 3. The fraction of sp³-hybridized carbons (Fsp3) is 0.400. The highest BCUT2D eigenvalue weighted by Gasteiger charge is 2.25. The molecule has 3 heterocycles. The number of nitrogens with zero attached hydrogens (tertiary/aromatic N) is 3. The van der Waals surface area contributed by atoms with Gasteiger partial charge in [-0.2, -0.15) is 4.98 Å². The standard InChI is InChI=1S/C15H15N3O3/c1-8-7-11(9(2)19-8)14-16-15(21-18-14)13-10-5-3-4-6-12(10)20-17-13/h7H,3-6H2,1-2H3. The van der Waals surface area contributed by atoms with E-state index in [2.05, 4.69) is 15.3 Å². The van der Waals surface area contributed by atoms with Gasteiger partial charge in [0.1, 0.15) is 17.3 Å². The van der Waals surface area contributed by atoms with Crippen LogP contribution in [0.2, 0.25) is 0 Å². The van der Waals surface area contributed by atoms with Crippen LogP contribution in [0.4, 0.5) is 0 Å². The molecule has 0 N–H and O–H groups in total. The van der Waals surface area contributed by atoms with Crippen LogP contribution in [0, 0.1) is 13.8 Å². The van der Waals surface area contributed by atoms with Crippen molar-refractivity contribution in [2.75, 3.05) is 0 Å². The fourth-order valence-corrected chi connectivity index (χ4v) is 2.83. The number of fused-ring (bicyclic) bond motifs is 1. The molecule has 0 fully saturated rings. The van der Waals surface area contributed by atoms with Crippen molar-refractivity contribution in [1.82, 2.24) is 15.3 Å². The lowest BCUT2D eigenvalue weighted by molar-refractivity contribution is 0.369. The summed E-state index contributed by atoms with van der Waals surface area (Å²) in [6, 6.07) is 1.90. The Morgan fingerprint density at radius 2 is 1.90 bits per heavy atom. The van der Waals surface area contributed by atoms with Crippen LogP contribution in [0.15, 0.2) is 19.5 Å². The van der Waals surface area contributed by atoms with E-state index >= 15 is 0 Å². The highest BCUT2D eigenvalue weighted by atomic mass is 16.5. The molecule has 0 amide bonds. The van der Waals surface area contributed by atoms with Crippen molar-refractivity contribution < 1.29 is 13.5 Å². The molecule has 1 aliphatic rings. The molecule has 6 heteroatoms. The molecule has 6 nitrogen and oxygen atoms in total. The Balaban J connectivity index is 1.75. The van der Waals surface area contributed by atoms with Crippen molar-refractivity contribution in [2.45, 2.75) is 39.5 Å². The van der Waals surface area contributed by atoms with Crippen LogP contribution in [-0.4, -0.2) is 15.3 Å². The average molecular weight is 285 g/mol. The quantitative estimate of drug-likeness (QED) is 0.717. The lowest BCUT2D eigenvalue weighted by Gasteiger charge is -2.07. The Morgan fingerprint density at radius 3 is 2.71 bits per heavy atom. The number of rotatable bonds is 2. The Hall–Kier alpha value is -2.37. The highest BCUT2D eigenvalue weighted by Crippen LogP contribution is 2.32. The van der Waals surface area contributed by atoms with Gasteiger partial charge in [-0.15, -0.1) is 0 Å². The molecule has 21 heavy (non-hydrogen) atoms.